The first-order chi connectivity index (χ1) is 9.02. The molecule has 1 unspecified atom stereocenters. The molecule has 1 saturated heterocycles. The number of carbonyl (C=O) groups is 1. The van der Waals surface area contributed by atoms with Crippen LogP contribution >= 0.6 is 11.3 Å². The van der Waals surface area contributed by atoms with Crippen molar-refractivity contribution >= 4 is 17.2 Å². The number of likely N-dealkylation sites (N-methyl/N-ethyl adjacent to an activating group) is 1. The summed E-state index contributed by atoms with van der Waals surface area (Å²) in [4.78, 5) is 18.7. The van der Waals surface area contributed by atoms with Crippen molar-refractivity contribution in [3.63, 3.8) is 0 Å². The van der Waals surface area contributed by atoms with Gasteiger partial charge in [-0.05, 0) is 38.9 Å². The van der Waals surface area contributed by atoms with Crippen molar-refractivity contribution in [2.24, 2.45) is 0 Å². The second-order valence-corrected chi connectivity index (χ2v) is 6.50. The van der Waals surface area contributed by atoms with Crippen molar-refractivity contribution in [2.45, 2.75) is 26.3 Å². The van der Waals surface area contributed by atoms with E-state index in [1.165, 1.54) is 10.4 Å². The first-order valence-electron chi connectivity index (χ1n) is 6.70. The highest BCUT2D eigenvalue weighted by Crippen LogP contribution is 2.23. The van der Waals surface area contributed by atoms with Gasteiger partial charge in [-0.2, -0.15) is 0 Å². The fourth-order valence-corrected chi connectivity index (χ4v) is 3.43. The summed E-state index contributed by atoms with van der Waals surface area (Å²) in [7, 11) is 2.06. The number of aliphatic hydroxyl groups excluding tert-OH is 1. The number of hydrogen-bond acceptors (Lipinski definition) is 4. The lowest BCUT2D eigenvalue weighted by Gasteiger charge is -2.39. The monoisotopic (exact) mass is 282 g/mol. The van der Waals surface area contributed by atoms with Crippen LogP contribution in [0.25, 0.3) is 0 Å². The highest BCUT2D eigenvalue weighted by molar-refractivity contribution is 7.14. The molecule has 1 amide bonds. The number of amides is 1. The average molecular weight is 282 g/mol. The molecule has 1 aromatic rings. The van der Waals surface area contributed by atoms with Gasteiger partial charge in [0.05, 0.1) is 4.88 Å². The normalized spacial score (nSPS) is 20.8. The molecule has 1 fully saturated rings. The Morgan fingerprint density at radius 3 is 2.79 bits per heavy atom. The maximum absolute atomic E-state index is 12.5. The van der Waals surface area contributed by atoms with Crippen LogP contribution in [-0.4, -0.2) is 60.1 Å². The summed E-state index contributed by atoms with van der Waals surface area (Å²) in [6.45, 7) is 6.63. The molecule has 0 spiro atoms. The zero-order chi connectivity index (χ0) is 14.0. The Morgan fingerprint density at radius 1 is 1.47 bits per heavy atom. The number of piperazine rings is 1. The predicted molar refractivity (Wildman–Crippen MR) is 77.8 cm³/mol. The molecule has 1 aliphatic rings. The molecular formula is C14H22N2O2S. The molecule has 0 saturated carbocycles. The first kappa shape index (κ1) is 14.5. The van der Waals surface area contributed by atoms with E-state index in [0.717, 1.165) is 24.4 Å². The van der Waals surface area contributed by atoms with Crippen LogP contribution in [0.5, 0.6) is 0 Å². The van der Waals surface area contributed by atoms with Crippen molar-refractivity contribution in [3.05, 3.63) is 21.4 Å². The van der Waals surface area contributed by atoms with Crippen LogP contribution in [0.1, 0.15) is 26.5 Å². The summed E-state index contributed by atoms with van der Waals surface area (Å²) in [6, 6.07) is 2.26. The van der Waals surface area contributed by atoms with E-state index in [-0.39, 0.29) is 18.6 Å². The van der Waals surface area contributed by atoms with Crippen LogP contribution in [0.15, 0.2) is 6.07 Å². The van der Waals surface area contributed by atoms with Gasteiger partial charge in [0, 0.05) is 37.2 Å². The Kier molecular flexibility index (Phi) is 4.60. The molecule has 19 heavy (non-hydrogen) atoms. The zero-order valence-electron chi connectivity index (χ0n) is 11.8. The molecule has 0 aromatic carbocycles. The third-order valence-corrected chi connectivity index (χ3v) is 5.04. The molecule has 2 heterocycles. The third-order valence-electron chi connectivity index (χ3n) is 3.90. The Bertz CT molecular complexity index is 439. The summed E-state index contributed by atoms with van der Waals surface area (Å²) in [6.07, 6.45) is 0.725. The molecule has 0 aliphatic carbocycles. The summed E-state index contributed by atoms with van der Waals surface area (Å²) < 4.78 is 0. The smallest absolute Gasteiger partial charge is 0.264 e. The van der Waals surface area contributed by atoms with E-state index >= 15 is 0 Å². The number of aliphatic hydroxyl groups is 1. The average Bonchev–Trinajstić information content (AvgIpc) is 2.72. The molecule has 1 N–H and O–H groups in total. The van der Waals surface area contributed by atoms with Crippen molar-refractivity contribution in [3.8, 4) is 0 Å². The van der Waals surface area contributed by atoms with E-state index in [0.29, 0.717) is 6.54 Å². The van der Waals surface area contributed by atoms with Gasteiger partial charge in [0.1, 0.15) is 0 Å². The minimum atomic E-state index is 0.136. The quantitative estimate of drug-likeness (QED) is 0.914. The zero-order valence-corrected chi connectivity index (χ0v) is 12.7. The lowest BCUT2D eigenvalue weighted by Crippen LogP contribution is -2.53. The molecule has 0 bridgehead atoms. The van der Waals surface area contributed by atoms with E-state index in [9.17, 15) is 4.79 Å². The van der Waals surface area contributed by atoms with Crippen LogP contribution in [-0.2, 0) is 0 Å². The molecule has 5 heteroatoms. The standard InChI is InChI=1S/C14H22N2O2S/c1-10-8-13(19-11(10)2)14(18)16-6-5-15(3)12(9-16)4-7-17/h8,12,17H,4-7,9H2,1-3H3. The lowest BCUT2D eigenvalue weighted by atomic mass is 10.1. The first-order valence-corrected chi connectivity index (χ1v) is 7.52. The van der Waals surface area contributed by atoms with Gasteiger partial charge in [-0.3, -0.25) is 9.69 Å². The summed E-state index contributed by atoms with van der Waals surface area (Å²) in [5, 5.41) is 9.09. The van der Waals surface area contributed by atoms with E-state index < -0.39 is 0 Å². The maximum atomic E-state index is 12.5. The molecular weight excluding hydrogens is 260 g/mol. The van der Waals surface area contributed by atoms with Gasteiger partial charge in [-0.1, -0.05) is 0 Å². The number of carbonyl (C=O) groups excluding carboxylic acids is 1. The van der Waals surface area contributed by atoms with Crippen LogP contribution < -0.4 is 0 Å². The number of nitrogens with zero attached hydrogens (tertiary/aromatic N) is 2. The SMILES string of the molecule is Cc1cc(C(=O)N2CCN(C)C(CCO)C2)sc1C. The summed E-state index contributed by atoms with van der Waals surface area (Å²) in [5.74, 6) is 0.136. The Morgan fingerprint density at radius 2 is 2.21 bits per heavy atom. The fraction of sp³-hybridized carbons (Fsp3) is 0.643. The van der Waals surface area contributed by atoms with Crippen LogP contribution in [0.3, 0.4) is 0 Å². The minimum absolute atomic E-state index is 0.136. The molecule has 0 radical (unpaired) electrons. The maximum Gasteiger partial charge on any atom is 0.264 e. The van der Waals surface area contributed by atoms with Gasteiger partial charge in [0.25, 0.3) is 5.91 Å². The van der Waals surface area contributed by atoms with Gasteiger partial charge in [0.2, 0.25) is 0 Å². The molecule has 2 rings (SSSR count). The second-order valence-electron chi connectivity index (χ2n) is 5.25. The van der Waals surface area contributed by atoms with Gasteiger partial charge in [-0.25, -0.2) is 0 Å². The summed E-state index contributed by atoms with van der Waals surface area (Å²) in [5.41, 5.74) is 1.19. The number of hydrogen-bond donors (Lipinski definition) is 1. The molecule has 1 aliphatic heterocycles. The predicted octanol–water partition coefficient (Wildman–Crippen LogP) is 1.50. The Hall–Kier alpha value is -0.910. The van der Waals surface area contributed by atoms with Crippen molar-refractivity contribution in [1.29, 1.82) is 0 Å². The highest BCUT2D eigenvalue weighted by Gasteiger charge is 2.28. The highest BCUT2D eigenvalue weighted by atomic mass is 32.1. The minimum Gasteiger partial charge on any atom is -0.396 e. The Labute approximate surface area is 118 Å². The molecule has 4 nitrogen and oxygen atoms in total. The van der Waals surface area contributed by atoms with E-state index in [1.807, 2.05) is 17.9 Å². The van der Waals surface area contributed by atoms with Gasteiger partial charge in [-0.15, -0.1) is 11.3 Å². The topological polar surface area (TPSA) is 43.8 Å². The summed E-state index contributed by atoms with van der Waals surface area (Å²) >= 11 is 1.58. The van der Waals surface area contributed by atoms with E-state index in [2.05, 4.69) is 18.9 Å². The van der Waals surface area contributed by atoms with Crippen LogP contribution in [0.4, 0.5) is 0 Å². The molecule has 1 atom stereocenters. The van der Waals surface area contributed by atoms with Gasteiger partial charge < -0.3 is 10.0 Å². The van der Waals surface area contributed by atoms with Crippen molar-refractivity contribution in [2.75, 3.05) is 33.3 Å². The number of thiophene rings is 1. The van der Waals surface area contributed by atoms with Crippen molar-refractivity contribution < 1.29 is 9.90 Å². The van der Waals surface area contributed by atoms with E-state index in [1.54, 1.807) is 11.3 Å². The molecule has 1 aromatic heterocycles. The van der Waals surface area contributed by atoms with E-state index in [4.69, 9.17) is 5.11 Å². The van der Waals surface area contributed by atoms with Crippen LogP contribution in [0, 0.1) is 13.8 Å². The number of rotatable bonds is 3. The van der Waals surface area contributed by atoms with Gasteiger partial charge >= 0.3 is 0 Å². The number of aryl methyl sites for hydroxylation is 2. The fourth-order valence-electron chi connectivity index (χ4n) is 2.43. The largest absolute Gasteiger partial charge is 0.396 e. The Balaban J connectivity index is 2.07. The second kappa shape index (κ2) is 6.03. The third kappa shape index (κ3) is 3.16. The van der Waals surface area contributed by atoms with Crippen molar-refractivity contribution in [1.82, 2.24) is 9.80 Å². The van der Waals surface area contributed by atoms with Gasteiger partial charge in [0.15, 0.2) is 0 Å². The van der Waals surface area contributed by atoms with Crippen LogP contribution in [0.2, 0.25) is 0 Å². The molecule has 106 valence electrons. The lowest BCUT2D eigenvalue weighted by molar-refractivity contribution is 0.0505.